The summed E-state index contributed by atoms with van der Waals surface area (Å²) in [6.45, 7) is 1.17. The Balaban J connectivity index is 1.52. The molecule has 1 aliphatic rings. The fraction of sp³-hybridized carbons (Fsp3) is 0.312. The van der Waals surface area contributed by atoms with Crippen LogP contribution in [0.25, 0.3) is 0 Å². The minimum Gasteiger partial charge on any atom is -0.447 e. The molecule has 2 heterocycles. The number of benzene rings is 1. The number of nitrogens with zero attached hydrogens (tertiary/aromatic N) is 2. The molecule has 2 amide bonds. The number of carbonyl (C=O) groups excluding carboxylic acids is 2. The molecule has 3 rings (SSSR count). The van der Waals surface area contributed by atoms with Gasteiger partial charge < -0.3 is 19.9 Å². The van der Waals surface area contributed by atoms with Crippen LogP contribution < -0.4 is 10.6 Å². The third-order valence-corrected chi connectivity index (χ3v) is 3.70. The van der Waals surface area contributed by atoms with Gasteiger partial charge in [0.25, 0.3) is 0 Å². The molecule has 23 heavy (non-hydrogen) atoms. The van der Waals surface area contributed by atoms with Gasteiger partial charge in [-0.3, -0.25) is 4.79 Å². The Morgan fingerprint density at radius 2 is 2.22 bits per heavy atom. The first-order valence-electron chi connectivity index (χ1n) is 7.47. The van der Waals surface area contributed by atoms with Crippen LogP contribution in [-0.4, -0.2) is 34.2 Å². The summed E-state index contributed by atoms with van der Waals surface area (Å²) in [7, 11) is 0. The molecule has 1 aromatic carbocycles. The first kappa shape index (κ1) is 15.1. The van der Waals surface area contributed by atoms with Crippen molar-refractivity contribution in [3.63, 3.8) is 0 Å². The molecule has 1 aliphatic heterocycles. The van der Waals surface area contributed by atoms with E-state index in [0.29, 0.717) is 6.54 Å². The number of hydrogen-bond acceptors (Lipinski definition) is 4. The monoisotopic (exact) mass is 314 g/mol. The standard InChI is InChI=1S/C16H18N4O3/c21-15(13-11-23-16(22)19-13)18-10-14-17-7-9-20(14)8-6-12-4-2-1-3-5-12/h1-5,7,9,13H,6,8,10-11H2,(H,18,21)(H,19,22)/t13-/m1/s1. The van der Waals surface area contributed by atoms with Crippen molar-refractivity contribution in [2.45, 2.75) is 25.6 Å². The van der Waals surface area contributed by atoms with Crippen LogP contribution in [0.4, 0.5) is 4.79 Å². The van der Waals surface area contributed by atoms with Gasteiger partial charge in [0, 0.05) is 18.9 Å². The van der Waals surface area contributed by atoms with Crippen molar-refractivity contribution in [2.24, 2.45) is 0 Å². The van der Waals surface area contributed by atoms with Gasteiger partial charge >= 0.3 is 6.09 Å². The van der Waals surface area contributed by atoms with Gasteiger partial charge in [0.05, 0.1) is 6.54 Å². The number of nitrogens with one attached hydrogen (secondary N) is 2. The fourth-order valence-electron chi connectivity index (χ4n) is 2.42. The molecule has 1 saturated heterocycles. The highest BCUT2D eigenvalue weighted by Gasteiger charge is 2.28. The van der Waals surface area contributed by atoms with Crippen molar-refractivity contribution in [1.82, 2.24) is 20.2 Å². The Morgan fingerprint density at radius 3 is 2.96 bits per heavy atom. The molecular formula is C16H18N4O3. The van der Waals surface area contributed by atoms with Crippen molar-refractivity contribution >= 4 is 12.0 Å². The smallest absolute Gasteiger partial charge is 0.407 e. The van der Waals surface area contributed by atoms with E-state index in [1.165, 1.54) is 5.56 Å². The maximum Gasteiger partial charge on any atom is 0.407 e. The zero-order chi connectivity index (χ0) is 16.1. The number of cyclic esters (lactones) is 1. The van der Waals surface area contributed by atoms with E-state index in [2.05, 4.69) is 27.8 Å². The van der Waals surface area contributed by atoms with E-state index in [1.807, 2.05) is 29.0 Å². The Labute approximate surface area is 133 Å². The minimum atomic E-state index is -0.629. The summed E-state index contributed by atoms with van der Waals surface area (Å²) in [5.41, 5.74) is 1.25. The lowest BCUT2D eigenvalue weighted by molar-refractivity contribution is -0.123. The third kappa shape index (κ3) is 3.88. The van der Waals surface area contributed by atoms with Crippen LogP contribution in [0.3, 0.4) is 0 Å². The van der Waals surface area contributed by atoms with Crippen LogP contribution in [0.1, 0.15) is 11.4 Å². The number of ether oxygens (including phenoxy) is 1. The molecular weight excluding hydrogens is 296 g/mol. The van der Waals surface area contributed by atoms with Crippen LogP contribution in [0.15, 0.2) is 42.7 Å². The van der Waals surface area contributed by atoms with E-state index in [0.717, 1.165) is 18.8 Å². The van der Waals surface area contributed by atoms with Gasteiger partial charge in [-0.2, -0.15) is 0 Å². The Kier molecular flexibility index (Phi) is 4.56. The predicted molar refractivity (Wildman–Crippen MR) is 82.5 cm³/mol. The molecule has 0 radical (unpaired) electrons. The quantitative estimate of drug-likeness (QED) is 0.828. The maximum atomic E-state index is 11.9. The number of aromatic nitrogens is 2. The molecule has 2 aromatic rings. The predicted octanol–water partition coefficient (Wildman–Crippen LogP) is 0.850. The third-order valence-electron chi connectivity index (χ3n) is 3.70. The lowest BCUT2D eigenvalue weighted by atomic mass is 10.1. The number of aryl methyl sites for hydroxylation is 2. The summed E-state index contributed by atoms with van der Waals surface area (Å²) < 4.78 is 6.71. The first-order valence-corrected chi connectivity index (χ1v) is 7.47. The van der Waals surface area contributed by atoms with E-state index in [-0.39, 0.29) is 12.5 Å². The molecule has 0 spiro atoms. The second-order valence-electron chi connectivity index (χ2n) is 5.29. The Morgan fingerprint density at radius 1 is 1.39 bits per heavy atom. The second-order valence-corrected chi connectivity index (χ2v) is 5.29. The summed E-state index contributed by atoms with van der Waals surface area (Å²) in [5.74, 6) is 0.507. The van der Waals surface area contributed by atoms with E-state index in [9.17, 15) is 9.59 Å². The topological polar surface area (TPSA) is 85.3 Å². The minimum absolute atomic E-state index is 0.0626. The van der Waals surface area contributed by atoms with E-state index < -0.39 is 12.1 Å². The average molecular weight is 314 g/mol. The molecule has 0 bridgehead atoms. The largest absolute Gasteiger partial charge is 0.447 e. The maximum absolute atomic E-state index is 11.9. The van der Waals surface area contributed by atoms with Crippen LogP contribution >= 0.6 is 0 Å². The molecule has 1 aromatic heterocycles. The molecule has 0 saturated carbocycles. The Hall–Kier alpha value is -2.83. The summed E-state index contributed by atoms with van der Waals surface area (Å²) in [6, 6.07) is 9.57. The summed E-state index contributed by atoms with van der Waals surface area (Å²) in [5, 5.41) is 5.21. The van der Waals surface area contributed by atoms with Crippen LogP contribution in [-0.2, 0) is 29.0 Å². The van der Waals surface area contributed by atoms with Gasteiger partial charge in [0.1, 0.15) is 18.5 Å². The van der Waals surface area contributed by atoms with Crippen molar-refractivity contribution in [3.8, 4) is 0 Å². The summed E-state index contributed by atoms with van der Waals surface area (Å²) in [6.07, 6.45) is 3.94. The average Bonchev–Trinajstić information content (AvgIpc) is 3.20. The highest BCUT2D eigenvalue weighted by atomic mass is 16.6. The Bertz CT molecular complexity index is 684. The summed E-state index contributed by atoms with van der Waals surface area (Å²) in [4.78, 5) is 27.1. The van der Waals surface area contributed by atoms with Crippen LogP contribution in [0.2, 0.25) is 0 Å². The van der Waals surface area contributed by atoms with Gasteiger partial charge in [0.2, 0.25) is 5.91 Å². The van der Waals surface area contributed by atoms with E-state index in [4.69, 9.17) is 4.74 Å². The number of imidazole rings is 1. The number of hydrogen-bond donors (Lipinski definition) is 2. The molecule has 7 heteroatoms. The normalized spacial score (nSPS) is 16.7. The fourth-order valence-corrected chi connectivity index (χ4v) is 2.42. The summed E-state index contributed by atoms with van der Waals surface area (Å²) >= 11 is 0. The van der Waals surface area contributed by atoms with Crippen molar-refractivity contribution < 1.29 is 14.3 Å². The van der Waals surface area contributed by atoms with Crippen LogP contribution in [0, 0.1) is 0 Å². The van der Waals surface area contributed by atoms with E-state index >= 15 is 0 Å². The molecule has 7 nitrogen and oxygen atoms in total. The second kappa shape index (κ2) is 6.95. The first-order chi connectivity index (χ1) is 11.2. The highest BCUT2D eigenvalue weighted by molar-refractivity contribution is 5.87. The molecule has 1 atom stereocenters. The van der Waals surface area contributed by atoms with Gasteiger partial charge in [-0.15, -0.1) is 0 Å². The molecule has 120 valence electrons. The number of carbonyl (C=O) groups is 2. The van der Waals surface area contributed by atoms with E-state index in [1.54, 1.807) is 6.20 Å². The lowest BCUT2D eigenvalue weighted by Crippen LogP contribution is -2.42. The van der Waals surface area contributed by atoms with Crippen molar-refractivity contribution in [3.05, 3.63) is 54.1 Å². The van der Waals surface area contributed by atoms with Gasteiger partial charge in [-0.25, -0.2) is 9.78 Å². The number of rotatable bonds is 6. The molecule has 0 aliphatic carbocycles. The number of amides is 2. The van der Waals surface area contributed by atoms with Crippen molar-refractivity contribution in [1.29, 1.82) is 0 Å². The SMILES string of the molecule is O=C1N[C@@H](C(=O)NCc2nccn2CCc2ccccc2)CO1. The zero-order valence-electron chi connectivity index (χ0n) is 12.6. The van der Waals surface area contributed by atoms with Gasteiger partial charge in [-0.1, -0.05) is 30.3 Å². The van der Waals surface area contributed by atoms with Gasteiger partial charge in [-0.05, 0) is 12.0 Å². The highest BCUT2D eigenvalue weighted by Crippen LogP contribution is 2.05. The van der Waals surface area contributed by atoms with Crippen LogP contribution in [0.5, 0.6) is 0 Å². The zero-order valence-corrected chi connectivity index (χ0v) is 12.6. The molecule has 1 fully saturated rings. The van der Waals surface area contributed by atoms with Gasteiger partial charge in [0.15, 0.2) is 0 Å². The lowest BCUT2D eigenvalue weighted by Gasteiger charge is -2.11. The van der Waals surface area contributed by atoms with Crippen molar-refractivity contribution in [2.75, 3.05) is 6.61 Å². The molecule has 0 unspecified atom stereocenters. The molecule has 2 N–H and O–H groups in total. The number of alkyl carbamates (subject to hydrolysis) is 1.